The summed E-state index contributed by atoms with van der Waals surface area (Å²) in [6.07, 6.45) is -0.538. The van der Waals surface area contributed by atoms with Crippen molar-refractivity contribution in [3.05, 3.63) is 90.0 Å². The standard InChI is InChI=1S/C24H21NO4/c1-27-20-14-12-19(13-15-20)23-25-21(24(26)28-2)22(29-23)18-10-8-17(9-11-18)16-6-4-3-5-7-16/h3-15,21-22H,1-2H3/t21-,22-/m0/s1. The molecule has 3 aromatic carbocycles. The van der Waals surface area contributed by atoms with Crippen molar-refractivity contribution in [1.29, 1.82) is 0 Å². The van der Waals surface area contributed by atoms with E-state index in [1.807, 2.05) is 66.7 Å². The molecule has 0 fully saturated rings. The lowest BCUT2D eigenvalue weighted by molar-refractivity contribution is -0.143. The lowest BCUT2D eigenvalue weighted by atomic mass is 9.99. The Morgan fingerprint density at radius 3 is 2.07 bits per heavy atom. The number of hydrogen-bond donors (Lipinski definition) is 0. The maximum absolute atomic E-state index is 12.3. The second-order valence-corrected chi connectivity index (χ2v) is 6.66. The van der Waals surface area contributed by atoms with Gasteiger partial charge in [0.25, 0.3) is 0 Å². The van der Waals surface area contributed by atoms with Gasteiger partial charge in [-0.3, -0.25) is 0 Å². The van der Waals surface area contributed by atoms with Crippen LogP contribution < -0.4 is 4.74 Å². The van der Waals surface area contributed by atoms with Gasteiger partial charge in [-0.05, 0) is 41.0 Å². The second kappa shape index (κ2) is 8.19. The molecule has 3 aromatic rings. The van der Waals surface area contributed by atoms with Crippen LogP contribution in [0.3, 0.4) is 0 Å². The summed E-state index contributed by atoms with van der Waals surface area (Å²) in [5, 5.41) is 0. The molecule has 0 amide bonds. The molecule has 4 rings (SSSR count). The number of ether oxygens (including phenoxy) is 3. The first-order valence-electron chi connectivity index (χ1n) is 9.31. The van der Waals surface area contributed by atoms with E-state index < -0.39 is 18.1 Å². The van der Waals surface area contributed by atoms with E-state index in [0.717, 1.165) is 28.0 Å². The summed E-state index contributed by atoms with van der Waals surface area (Å²) >= 11 is 0. The zero-order chi connectivity index (χ0) is 20.2. The van der Waals surface area contributed by atoms with Crippen molar-refractivity contribution in [2.24, 2.45) is 4.99 Å². The van der Waals surface area contributed by atoms with Crippen molar-refractivity contribution < 1.29 is 19.0 Å². The van der Waals surface area contributed by atoms with Gasteiger partial charge in [-0.25, -0.2) is 9.79 Å². The molecule has 0 radical (unpaired) electrons. The number of methoxy groups -OCH3 is 2. The molecule has 0 saturated carbocycles. The minimum Gasteiger partial charge on any atom is -0.497 e. The first-order chi connectivity index (χ1) is 14.2. The highest BCUT2D eigenvalue weighted by molar-refractivity contribution is 5.98. The number of nitrogens with zero attached hydrogens (tertiary/aromatic N) is 1. The van der Waals surface area contributed by atoms with E-state index in [-0.39, 0.29) is 0 Å². The molecule has 0 aromatic heterocycles. The summed E-state index contributed by atoms with van der Waals surface area (Å²) < 4.78 is 16.2. The van der Waals surface area contributed by atoms with E-state index in [0.29, 0.717) is 5.90 Å². The quantitative estimate of drug-likeness (QED) is 0.608. The van der Waals surface area contributed by atoms with Gasteiger partial charge in [0.15, 0.2) is 12.1 Å². The minimum atomic E-state index is -0.750. The fraction of sp³-hybridized carbons (Fsp3) is 0.167. The van der Waals surface area contributed by atoms with Gasteiger partial charge in [-0.2, -0.15) is 0 Å². The summed E-state index contributed by atoms with van der Waals surface area (Å²) in [6, 6.07) is 24.7. The van der Waals surface area contributed by atoms with Gasteiger partial charge in [0.05, 0.1) is 14.2 Å². The van der Waals surface area contributed by atoms with Crippen LogP contribution >= 0.6 is 0 Å². The summed E-state index contributed by atoms with van der Waals surface area (Å²) in [5.74, 6) is 0.732. The molecule has 1 heterocycles. The topological polar surface area (TPSA) is 57.1 Å². The summed E-state index contributed by atoms with van der Waals surface area (Å²) in [6.45, 7) is 0. The molecule has 0 unspecified atom stereocenters. The SMILES string of the molecule is COC(=O)[C@H]1N=C(c2ccc(OC)cc2)O[C@H]1c1ccc(-c2ccccc2)cc1. The molecular weight excluding hydrogens is 366 g/mol. The molecule has 0 N–H and O–H groups in total. The van der Waals surface area contributed by atoms with Crippen molar-refractivity contribution in [2.75, 3.05) is 14.2 Å². The molecule has 5 heteroatoms. The third kappa shape index (κ3) is 3.85. The Morgan fingerprint density at radius 2 is 1.45 bits per heavy atom. The fourth-order valence-electron chi connectivity index (χ4n) is 3.33. The van der Waals surface area contributed by atoms with Crippen molar-refractivity contribution in [2.45, 2.75) is 12.1 Å². The van der Waals surface area contributed by atoms with E-state index in [4.69, 9.17) is 14.2 Å². The first kappa shape index (κ1) is 18.7. The Bertz CT molecular complexity index is 1010. The molecule has 146 valence electrons. The number of carbonyl (C=O) groups excluding carboxylic acids is 1. The van der Waals surface area contributed by atoms with Crippen LogP contribution in [0.15, 0.2) is 83.9 Å². The van der Waals surface area contributed by atoms with Crippen LogP contribution in [0, 0.1) is 0 Å². The van der Waals surface area contributed by atoms with Crippen LogP contribution in [0.1, 0.15) is 17.2 Å². The Hall–Kier alpha value is -3.60. The van der Waals surface area contributed by atoms with Crippen molar-refractivity contribution in [3.8, 4) is 16.9 Å². The molecule has 1 aliphatic heterocycles. The minimum absolute atomic E-state index is 0.417. The lowest BCUT2D eigenvalue weighted by Gasteiger charge is -2.17. The van der Waals surface area contributed by atoms with E-state index >= 15 is 0 Å². The molecular formula is C24H21NO4. The zero-order valence-electron chi connectivity index (χ0n) is 16.2. The Kier molecular flexibility index (Phi) is 5.29. The summed E-state index contributed by atoms with van der Waals surface area (Å²) in [4.78, 5) is 16.8. The molecule has 0 aliphatic carbocycles. The van der Waals surface area contributed by atoms with Gasteiger partial charge in [0.1, 0.15) is 5.75 Å². The highest BCUT2D eigenvalue weighted by Crippen LogP contribution is 2.33. The van der Waals surface area contributed by atoms with Gasteiger partial charge in [-0.1, -0.05) is 54.6 Å². The lowest BCUT2D eigenvalue weighted by Crippen LogP contribution is -2.25. The molecule has 5 nitrogen and oxygen atoms in total. The largest absolute Gasteiger partial charge is 0.497 e. The van der Waals surface area contributed by atoms with Crippen LogP contribution in [-0.2, 0) is 14.3 Å². The molecule has 2 atom stereocenters. The number of benzene rings is 3. The van der Waals surface area contributed by atoms with Crippen molar-refractivity contribution >= 4 is 11.9 Å². The zero-order valence-corrected chi connectivity index (χ0v) is 16.2. The molecule has 1 aliphatic rings. The van der Waals surface area contributed by atoms with Gasteiger partial charge in [-0.15, -0.1) is 0 Å². The fourth-order valence-corrected chi connectivity index (χ4v) is 3.33. The molecule has 29 heavy (non-hydrogen) atoms. The van der Waals surface area contributed by atoms with Crippen LogP contribution in [0.5, 0.6) is 5.75 Å². The Labute approximate surface area is 169 Å². The highest BCUT2D eigenvalue weighted by atomic mass is 16.5. The third-order valence-electron chi connectivity index (χ3n) is 4.91. The van der Waals surface area contributed by atoms with Gasteiger partial charge >= 0.3 is 5.97 Å². The monoisotopic (exact) mass is 387 g/mol. The van der Waals surface area contributed by atoms with E-state index in [1.54, 1.807) is 7.11 Å². The maximum atomic E-state index is 12.3. The molecule has 0 spiro atoms. The molecule has 0 bridgehead atoms. The highest BCUT2D eigenvalue weighted by Gasteiger charge is 2.38. The number of aliphatic imine (C=N–C) groups is 1. The Balaban J connectivity index is 1.61. The van der Waals surface area contributed by atoms with Gasteiger partial charge in [0.2, 0.25) is 5.90 Å². The predicted octanol–water partition coefficient (Wildman–Crippen LogP) is 4.42. The average Bonchev–Trinajstić information content (AvgIpc) is 3.25. The van der Waals surface area contributed by atoms with E-state index in [9.17, 15) is 4.79 Å². The van der Waals surface area contributed by atoms with Gasteiger partial charge < -0.3 is 14.2 Å². The Morgan fingerprint density at radius 1 is 0.828 bits per heavy atom. The average molecular weight is 387 g/mol. The number of rotatable bonds is 5. The first-order valence-corrected chi connectivity index (χ1v) is 9.31. The van der Waals surface area contributed by atoms with E-state index in [1.165, 1.54) is 7.11 Å². The summed E-state index contributed by atoms with van der Waals surface area (Å²) in [7, 11) is 2.97. The normalized spacial score (nSPS) is 17.9. The van der Waals surface area contributed by atoms with Crippen molar-refractivity contribution in [3.63, 3.8) is 0 Å². The predicted molar refractivity (Wildman–Crippen MR) is 111 cm³/mol. The van der Waals surface area contributed by atoms with Crippen LogP contribution in [0.25, 0.3) is 11.1 Å². The number of esters is 1. The number of hydrogen-bond acceptors (Lipinski definition) is 5. The van der Waals surface area contributed by atoms with Gasteiger partial charge in [0, 0.05) is 5.56 Å². The smallest absolute Gasteiger partial charge is 0.335 e. The maximum Gasteiger partial charge on any atom is 0.335 e. The second-order valence-electron chi connectivity index (χ2n) is 6.66. The third-order valence-corrected chi connectivity index (χ3v) is 4.91. The van der Waals surface area contributed by atoms with Crippen molar-refractivity contribution in [1.82, 2.24) is 0 Å². The molecule has 0 saturated heterocycles. The van der Waals surface area contributed by atoms with Crippen LogP contribution in [0.4, 0.5) is 0 Å². The number of carbonyl (C=O) groups is 1. The van der Waals surface area contributed by atoms with Crippen LogP contribution in [-0.4, -0.2) is 32.1 Å². The van der Waals surface area contributed by atoms with Crippen LogP contribution in [0.2, 0.25) is 0 Å². The van der Waals surface area contributed by atoms with E-state index in [2.05, 4.69) is 17.1 Å². The summed E-state index contributed by atoms with van der Waals surface area (Å²) in [5.41, 5.74) is 3.87.